The molecular formula is C17H16N2O3. The van der Waals surface area contributed by atoms with Crippen LogP contribution in [0.3, 0.4) is 0 Å². The van der Waals surface area contributed by atoms with Crippen LogP contribution in [0.2, 0.25) is 0 Å². The number of anilines is 1. The van der Waals surface area contributed by atoms with Crippen LogP contribution >= 0.6 is 0 Å². The summed E-state index contributed by atoms with van der Waals surface area (Å²) in [5.41, 5.74) is 1.66. The minimum absolute atomic E-state index is 0.00351. The van der Waals surface area contributed by atoms with Crippen LogP contribution in [0, 0.1) is 10.1 Å². The number of hydrogen-bond acceptors (Lipinski definition) is 3. The molecule has 2 aromatic carbocycles. The summed E-state index contributed by atoms with van der Waals surface area (Å²) in [6.07, 6.45) is 4.91. The monoisotopic (exact) mass is 296 g/mol. The molecule has 112 valence electrons. The molecule has 1 N–H and O–H groups in total. The van der Waals surface area contributed by atoms with Crippen molar-refractivity contribution in [1.82, 2.24) is 0 Å². The molecule has 0 saturated carbocycles. The summed E-state index contributed by atoms with van der Waals surface area (Å²) in [5.74, 6) is -0.119. The Bertz CT molecular complexity index is 664. The van der Waals surface area contributed by atoms with Crippen LogP contribution < -0.4 is 5.32 Å². The fourth-order valence-corrected chi connectivity index (χ4v) is 1.89. The van der Waals surface area contributed by atoms with Gasteiger partial charge >= 0.3 is 0 Å². The van der Waals surface area contributed by atoms with E-state index in [9.17, 15) is 14.9 Å². The first-order chi connectivity index (χ1) is 10.6. The van der Waals surface area contributed by atoms with E-state index >= 15 is 0 Å². The third-order valence-corrected chi connectivity index (χ3v) is 3.01. The van der Waals surface area contributed by atoms with E-state index in [1.165, 1.54) is 24.3 Å². The molecule has 2 rings (SSSR count). The molecule has 5 nitrogen and oxygen atoms in total. The highest BCUT2D eigenvalue weighted by Crippen LogP contribution is 2.15. The van der Waals surface area contributed by atoms with Gasteiger partial charge in [-0.2, -0.15) is 0 Å². The normalized spacial score (nSPS) is 10.5. The van der Waals surface area contributed by atoms with E-state index in [0.717, 1.165) is 5.56 Å². The van der Waals surface area contributed by atoms with Crippen LogP contribution in [0.15, 0.2) is 60.7 Å². The number of rotatable bonds is 6. The third kappa shape index (κ3) is 4.86. The Morgan fingerprint density at radius 1 is 1.09 bits per heavy atom. The van der Waals surface area contributed by atoms with Gasteiger partial charge in [0, 0.05) is 24.2 Å². The molecule has 0 aliphatic carbocycles. The lowest BCUT2D eigenvalue weighted by molar-refractivity contribution is -0.384. The first-order valence-electron chi connectivity index (χ1n) is 6.91. The predicted molar refractivity (Wildman–Crippen MR) is 86.4 cm³/mol. The molecule has 0 unspecified atom stereocenters. The predicted octanol–water partition coefficient (Wildman–Crippen LogP) is 4.03. The number of benzene rings is 2. The van der Waals surface area contributed by atoms with E-state index in [4.69, 9.17) is 0 Å². The zero-order valence-corrected chi connectivity index (χ0v) is 11.9. The highest BCUT2D eigenvalue weighted by molar-refractivity contribution is 5.90. The van der Waals surface area contributed by atoms with Gasteiger partial charge in [0.1, 0.15) is 0 Å². The Morgan fingerprint density at radius 3 is 2.41 bits per heavy atom. The molecule has 0 heterocycles. The zero-order valence-electron chi connectivity index (χ0n) is 11.9. The molecule has 0 aliphatic heterocycles. The van der Waals surface area contributed by atoms with Crippen molar-refractivity contribution in [2.24, 2.45) is 0 Å². The van der Waals surface area contributed by atoms with E-state index in [2.05, 4.69) is 5.32 Å². The van der Waals surface area contributed by atoms with Crippen LogP contribution in [0.4, 0.5) is 11.4 Å². The highest BCUT2D eigenvalue weighted by Gasteiger charge is 2.05. The van der Waals surface area contributed by atoms with Crippen molar-refractivity contribution in [2.45, 2.75) is 12.8 Å². The highest BCUT2D eigenvalue weighted by atomic mass is 16.6. The molecule has 1 amide bonds. The quantitative estimate of drug-likeness (QED) is 0.646. The van der Waals surface area contributed by atoms with Crippen molar-refractivity contribution in [2.75, 3.05) is 5.32 Å². The standard InChI is InChI=1S/C17H16N2O3/c20-17(9-5-4-8-14-6-2-1-3-7-14)18-15-10-12-16(13-11-15)19(21)22/h1-4,6-8,10-13H,5,9H2,(H,18,20). The SMILES string of the molecule is O=C(CCC=Cc1ccccc1)Nc1ccc([N+](=O)[O-])cc1. The average Bonchev–Trinajstić information content (AvgIpc) is 2.53. The van der Waals surface area contributed by atoms with Crippen molar-refractivity contribution >= 4 is 23.4 Å². The molecular weight excluding hydrogens is 280 g/mol. The smallest absolute Gasteiger partial charge is 0.269 e. The van der Waals surface area contributed by atoms with E-state index in [0.29, 0.717) is 18.5 Å². The lowest BCUT2D eigenvalue weighted by Gasteiger charge is -2.03. The van der Waals surface area contributed by atoms with E-state index in [1.54, 1.807) is 0 Å². The van der Waals surface area contributed by atoms with Gasteiger partial charge in [-0.15, -0.1) is 0 Å². The van der Waals surface area contributed by atoms with Gasteiger partial charge in [0.25, 0.3) is 5.69 Å². The number of non-ortho nitro benzene ring substituents is 1. The summed E-state index contributed by atoms with van der Waals surface area (Å²) in [6, 6.07) is 15.6. The lowest BCUT2D eigenvalue weighted by Crippen LogP contribution is -2.10. The maximum absolute atomic E-state index is 11.8. The molecule has 0 fully saturated rings. The Morgan fingerprint density at radius 2 is 1.77 bits per heavy atom. The third-order valence-electron chi connectivity index (χ3n) is 3.01. The molecule has 0 aliphatic rings. The summed E-state index contributed by atoms with van der Waals surface area (Å²) in [4.78, 5) is 21.8. The van der Waals surface area contributed by atoms with Crippen LogP contribution in [0.25, 0.3) is 6.08 Å². The van der Waals surface area contributed by atoms with Gasteiger partial charge in [0.15, 0.2) is 0 Å². The first-order valence-corrected chi connectivity index (χ1v) is 6.91. The molecule has 0 atom stereocenters. The average molecular weight is 296 g/mol. The molecule has 2 aromatic rings. The topological polar surface area (TPSA) is 72.2 Å². The lowest BCUT2D eigenvalue weighted by atomic mass is 10.2. The molecule has 0 saturated heterocycles. The minimum atomic E-state index is -0.472. The number of amides is 1. The molecule has 22 heavy (non-hydrogen) atoms. The van der Waals surface area contributed by atoms with Crippen LogP contribution in [-0.4, -0.2) is 10.8 Å². The molecule has 0 bridgehead atoms. The van der Waals surface area contributed by atoms with Crippen molar-refractivity contribution in [3.05, 3.63) is 76.4 Å². The van der Waals surface area contributed by atoms with E-state index < -0.39 is 4.92 Å². The minimum Gasteiger partial charge on any atom is -0.326 e. The van der Waals surface area contributed by atoms with Crippen LogP contribution in [-0.2, 0) is 4.79 Å². The van der Waals surface area contributed by atoms with Gasteiger partial charge in [-0.05, 0) is 24.1 Å². The van der Waals surface area contributed by atoms with Crippen LogP contribution in [0.1, 0.15) is 18.4 Å². The Labute approximate surface area is 128 Å². The van der Waals surface area contributed by atoms with Gasteiger partial charge in [0.2, 0.25) is 5.91 Å². The number of nitro benzene ring substituents is 1. The molecule has 0 aromatic heterocycles. The number of nitrogens with one attached hydrogen (secondary N) is 1. The largest absolute Gasteiger partial charge is 0.326 e. The summed E-state index contributed by atoms with van der Waals surface area (Å²) >= 11 is 0. The van der Waals surface area contributed by atoms with Gasteiger partial charge in [-0.25, -0.2) is 0 Å². The molecule has 0 radical (unpaired) electrons. The van der Waals surface area contributed by atoms with E-state index in [1.807, 2.05) is 42.5 Å². The molecule has 0 spiro atoms. The van der Waals surface area contributed by atoms with Crippen molar-refractivity contribution in [3.8, 4) is 0 Å². The maximum atomic E-state index is 11.8. The second-order valence-corrected chi connectivity index (χ2v) is 4.70. The second kappa shape index (κ2) is 7.73. The van der Waals surface area contributed by atoms with Crippen molar-refractivity contribution in [3.63, 3.8) is 0 Å². The maximum Gasteiger partial charge on any atom is 0.269 e. The fourth-order valence-electron chi connectivity index (χ4n) is 1.89. The van der Waals surface area contributed by atoms with E-state index in [-0.39, 0.29) is 11.6 Å². The zero-order chi connectivity index (χ0) is 15.8. The number of nitro groups is 1. The molecule has 5 heteroatoms. The number of allylic oxidation sites excluding steroid dienone is 1. The number of carbonyl (C=O) groups excluding carboxylic acids is 1. The van der Waals surface area contributed by atoms with Crippen LogP contribution in [0.5, 0.6) is 0 Å². The van der Waals surface area contributed by atoms with Crippen molar-refractivity contribution in [1.29, 1.82) is 0 Å². The summed E-state index contributed by atoms with van der Waals surface area (Å²) in [7, 11) is 0. The first kappa shape index (κ1) is 15.4. The fraction of sp³-hybridized carbons (Fsp3) is 0.118. The van der Waals surface area contributed by atoms with Gasteiger partial charge < -0.3 is 5.32 Å². The number of carbonyl (C=O) groups is 1. The number of hydrogen-bond donors (Lipinski definition) is 1. The summed E-state index contributed by atoms with van der Waals surface area (Å²) in [6.45, 7) is 0. The van der Waals surface area contributed by atoms with Crippen molar-refractivity contribution < 1.29 is 9.72 Å². The Hall–Kier alpha value is -2.95. The number of nitrogens with zero attached hydrogens (tertiary/aromatic N) is 1. The van der Waals surface area contributed by atoms with Gasteiger partial charge in [-0.3, -0.25) is 14.9 Å². The second-order valence-electron chi connectivity index (χ2n) is 4.70. The van der Waals surface area contributed by atoms with Gasteiger partial charge in [0.05, 0.1) is 4.92 Å². The Balaban J connectivity index is 1.78. The Kier molecular flexibility index (Phi) is 5.43. The summed E-state index contributed by atoms with van der Waals surface area (Å²) < 4.78 is 0. The van der Waals surface area contributed by atoms with Gasteiger partial charge in [-0.1, -0.05) is 42.5 Å². The summed E-state index contributed by atoms with van der Waals surface area (Å²) in [5, 5.41) is 13.2.